The Labute approximate surface area is 148 Å². The summed E-state index contributed by atoms with van der Waals surface area (Å²) in [5.41, 5.74) is 7.90. The van der Waals surface area contributed by atoms with Crippen molar-refractivity contribution in [3.63, 3.8) is 0 Å². The smallest absolute Gasteiger partial charge is 0.203 e. The van der Waals surface area contributed by atoms with Crippen LogP contribution in [0.2, 0.25) is 0 Å². The molecule has 4 N–H and O–H groups in total. The van der Waals surface area contributed by atoms with Gasteiger partial charge in [-0.15, -0.1) is 10.2 Å². The first-order chi connectivity index (χ1) is 12.2. The summed E-state index contributed by atoms with van der Waals surface area (Å²) >= 11 is 1.38. The lowest BCUT2D eigenvalue weighted by Gasteiger charge is -2.17. The van der Waals surface area contributed by atoms with Gasteiger partial charge in [0.05, 0.1) is 18.0 Å². The normalized spacial score (nSPS) is 15.4. The zero-order chi connectivity index (χ0) is 17.2. The van der Waals surface area contributed by atoms with E-state index in [1.165, 1.54) is 11.3 Å². The summed E-state index contributed by atoms with van der Waals surface area (Å²) < 4.78 is 5.48. The lowest BCUT2D eigenvalue weighted by atomic mass is 10.1. The van der Waals surface area contributed by atoms with E-state index < -0.39 is 0 Å². The van der Waals surface area contributed by atoms with Crippen molar-refractivity contribution in [3.8, 4) is 11.6 Å². The number of hydrogen-bond acceptors (Lipinski definition) is 9. The maximum absolute atomic E-state index is 5.70. The topological polar surface area (TPSA) is 115 Å². The minimum atomic E-state index is -0.0468. The van der Waals surface area contributed by atoms with Crippen LogP contribution >= 0.6 is 11.3 Å². The van der Waals surface area contributed by atoms with Crippen molar-refractivity contribution in [2.45, 2.75) is 25.8 Å². The predicted molar refractivity (Wildman–Crippen MR) is 96.4 cm³/mol. The lowest BCUT2D eigenvalue weighted by molar-refractivity contribution is 0.576. The molecule has 0 unspecified atom stereocenters. The van der Waals surface area contributed by atoms with Crippen LogP contribution in [0.15, 0.2) is 22.8 Å². The molecule has 3 aromatic heterocycles. The Kier molecular flexibility index (Phi) is 4.33. The lowest BCUT2D eigenvalue weighted by Crippen LogP contribution is -2.16. The number of nitrogens with zero attached hydrogens (tertiary/aromatic N) is 4. The minimum Gasteiger partial charge on any atom is -0.461 e. The second-order valence-corrected chi connectivity index (χ2v) is 6.93. The molecular weight excluding hydrogens is 338 g/mol. The molecule has 8 nitrogen and oxygen atoms in total. The van der Waals surface area contributed by atoms with Crippen molar-refractivity contribution in [2.75, 3.05) is 24.1 Å². The van der Waals surface area contributed by atoms with E-state index in [2.05, 4.69) is 20.8 Å². The van der Waals surface area contributed by atoms with Gasteiger partial charge in [0.15, 0.2) is 11.6 Å². The first kappa shape index (κ1) is 16.0. The molecule has 1 aliphatic heterocycles. The van der Waals surface area contributed by atoms with Gasteiger partial charge in [0.1, 0.15) is 10.8 Å². The summed E-state index contributed by atoms with van der Waals surface area (Å²) in [4.78, 5) is 9.45. The first-order valence-corrected chi connectivity index (χ1v) is 9.02. The molecule has 0 radical (unpaired) electrons. The number of aromatic nitrogens is 4. The molecule has 0 aliphatic carbocycles. The summed E-state index contributed by atoms with van der Waals surface area (Å²) in [6.07, 6.45) is 3.37. The van der Waals surface area contributed by atoms with Crippen molar-refractivity contribution < 1.29 is 4.42 Å². The second-order valence-electron chi connectivity index (χ2n) is 5.89. The average molecular weight is 357 g/mol. The minimum absolute atomic E-state index is 0.0468. The van der Waals surface area contributed by atoms with E-state index in [0.717, 1.165) is 48.0 Å². The van der Waals surface area contributed by atoms with Gasteiger partial charge < -0.3 is 20.8 Å². The number of furan rings is 1. The number of nitrogens with one attached hydrogen (secondary N) is 2. The van der Waals surface area contributed by atoms with Crippen LogP contribution in [0.1, 0.15) is 29.2 Å². The first-order valence-electron chi connectivity index (χ1n) is 8.20. The molecule has 9 heteroatoms. The quantitative estimate of drug-likeness (QED) is 0.650. The monoisotopic (exact) mass is 357 g/mol. The van der Waals surface area contributed by atoms with Gasteiger partial charge >= 0.3 is 0 Å². The fourth-order valence-corrected chi connectivity index (χ4v) is 3.48. The molecule has 4 heterocycles. The summed E-state index contributed by atoms with van der Waals surface area (Å²) in [5.74, 6) is 2.08. The standard InChI is InChI=1S/C16H19N7OS/c1-9(15-22-23-16(17)25-15)19-13-10-4-6-18-7-5-11(10)20-14(21-13)12-3-2-8-24-12/h2-3,8-9,18H,4-7H2,1H3,(H2,17,23)(H,19,20,21)/t9-/m1/s1. The molecule has 0 bridgehead atoms. The maximum atomic E-state index is 5.70. The zero-order valence-corrected chi connectivity index (χ0v) is 14.6. The Morgan fingerprint density at radius 2 is 2.16 bits per heavy atom. The van der Waals surface area contributed by atoms with Crippen LogP contribution in [-0.2, 0) is 12.8 Å². The van der Waals surface area contributed by atoms with E-state index in [1.807, 2.05) is 19.1 Å². The third kappa shape index (κ3) is 3.33. The van der Waals surface area contributed by atoms with Crippen LogP contribution in [0.25, 0.3) is 11.6 Å². The number of fused-ring (bicyclic) bond motifs is 1. The molecule has 0 saturated carbocycles. The SMILES string of the molecule is C[C@@H](Nc1nc(-c2ccco2)nc2c1CCNCC2)c1nnc(N)s1. The van der Waals surface area contributed by atoms with Crippen molar-refractivity contribution in [2.24, 2.45) is 0 Å². The molecule has 4 rings (SSSR count). The Hall–Kier alpha value is -2.52. The maximum Gasteiger partial charge on any atom is 0.203 e. The molecule has 130 valence electrons. The number of hydrogen-bond donors (Lipinski definition) is 3. The van der Waals surface area contributed by atoms with Crippen LogP contribution < -0.4 is 16.4 Å². The Bertz CT molecular complexity index is 862. The van der Waals surface area contributed by atoms with Gasteiger partial charge in [-0.1, -0.05) is 11.3 Å². The van der Waals surface area contributed by atoms with Gasteiger partial charge in [0.25, 0.3) is 0 Å². The molecule has 0 saturated heterocycles. The van der Waals surface area contributed by atoms with Crippen LogP contribution in [-0.4, -0.2) is 33.3 Å². The molecule has 1 atom stereocenters. The van der Waals surface area contributed by atoms with Crippen molar-refractivity contribution in [1.29, 1.82) is 0 Å². The van der Waals surface area contributed by atoms with Crippen molar-refractivity contribution in [3.05, 3.63) is 34.7 Å². The highest BCUT2D eigenvalue weighted by Crippen LogP contribution is 2.28. The van der Waals surface area contributed by atoms with E-state index in [0.29, 0.717) is 16.7 Å². The van der Waals surface area contributed by atoms with E-state index in [1.54, 1.807) is 6.26 Å². The van der Waals surface area contributed by atoms with Gasteiger partial charge in [-0.2, -0.15) is 0 Å². The summed E-state index contributed by atoms with van der Waals surface area (Å²) in [5, 5.41) is 16.2. The third-order valence-electron chi connectivity index (χ3n) is 4.10. The Morgan fingerprint density at radius 1 is 1.28 bits per heavy atom. The molecular formula is C16H19N7OS. The van der Waals surface area contributed by atoms with Crippen molar-refractivity contribution >= 4 is 22.3 Å². The van der Waals surface area contributed by atoms with Crippen molar-refractivity contribution in [1.82, 2.24) is 25.5 Å². The van der Waals surface area contributed by atoms with E-state index in [4.69, 9.17) is 20.1 Å². The largest absolute Gasteiger partial charge is 0.461 e. The summed E-state index contributed by atoms with van der Waals surface area (Å²) in [7, 11) is 0. The van der Waals surface area contributed by atoms with Crippen LogP contribution in [0.3, 0.4) is 0 Å². The van der Waals surface area contributed by atoms with Gasteiger partial charge in [-0.05, 0) is 32.0 Å². The van der Waals surface area contributed by atoms with E-state index in [-0.39, 0.29) is 6.04 Å². The number of nitrogens with two attached hydrogens (primary N) is 1. The predicted octanol–water partition coefficient (Wildman–Crippen LogP) is 2.03. The van der Waals surface area contributed by atoms with Gasteiger partial charge in [0, 0.05) is 18.5 Å². The van der Waals surface area contributed by atoms with Gasteiger partial charge in [0.2, 0.25) is 5.13 Å². The third-order valence-corrected chi connectivity index (χ3v) is 5.04. The molecule has 0 fully saturated rings. The van der Waals surface area contributed by atoms with E-state index >= 15 is 0 Å². The highest BCUT2D eigenvalue weighted by molar-refractivity contribution is 7.15. The van der Waals surface area contributed by atoms with Crippen LogP contribution in [0.5, 0.6) is 0 Å². The van der Waals surface area contributed by atoms with Crippen LogP contribution in [0, 0.1) is 0 Å². The Morgan fingerprint density at radius 3 is 2.92 bits per heavy atom. The highest BCUT2D eigenvalue weighted by Gasteiger charge is 2.21. The van der Waals surface area contributed by atoms with E-state index in [9.17, 15) is 0 Å². The zero-order valence-electron chi connectivity index (χ0n) is 13.8. The molecule has 3 aromatic rings. The number of anilines is 2. The number of rotatable bonds is 4. The van der Waals surface area contributed by atoms with Crippen LogP contribution in [0.4, 0.5) is 10.9 Å². The molecule has 0 amide bonds. The second kappa shape index (κ2) is 6.77. The van der Waals surface area contributed by atoms with Gasteiger partial charge in [-0.3, -0.25) is 0 Å². The highest BCUT2D eigenvalue weighted by atomic mass is 32.1. The van der Waals surface area contributed by atoms with Gasteiger partial charge in [-0.25, -0.2) is 9.97 Å². The number of nitrogen functional groups attached to an aromatic ring is 1. The average Bonchev–Trinajstić information content (AvgIpc) is 3.22. The molecule has 0 spiro atoms. The molecule has 25 heavy (non-hydrogen) atoms. The fraction of sp³-hybridized carbons (Fsp3) is 0.375. The molecule has 0 aromatic carbocycles. The fourth-order valence-electron chi connectivity index (χ4n) is 2.87. The Balaban J connectivity index is 1.72. The summed E-state index contributed by atoms with van der Waals surface area (Å²) in [6, 6.07) is 3.66. The molecule has 1 aliphatic rings. The summed E-state index contributed by atoms with van der Waals surface area (Å²) in [6.45, 7) is 3.84.